The van der Waals surface area contributed by atoms with Gasteiger partial charge in [0.25, 0.3) is 0 Å². The zero-order chi connectivity index (χ0) is 19.5. The van der Waals surface area contributed by atoms with E-state index in [9.17, 15) is 9.90 Å². The zero-order valence-corrected chi connectivity index (χ0v) is 16.6. The molecule has 0 unspecified atom stereocenters. The van der Waals surface area contributed by atoms with Crippen LogP contribution in [-0.2, 0) is 11.2 Å². The first-order valence-corrected chi connectivity index (χ1v) is 10.5. The zero-order valence-electron chi connectivity index (χ0n) is 15.8. The molecule has 6 nitrogen and oxygen atoms in total. The van der Waals surface area contributed by atoms with Crippen LogP contribution >= 0.6 is 11.3 Å². The molecule has 0 saturated heterocycles. The highest BCUT2D eigenvalue weighted by molar-refractivity contribution is 7.08. The van der Waals surface area contributed by atoms with Gasteiger partial charge in [0, 0.05) is 42.6 Å². The molecule has 1 fully saturated rings. The lowest BCUT2D eigenvalue weighted by Gasteiger charge is -2.23. The molecule has 1 saturated carbocycles. The highest BCUT2D eigenvalue weighted by Gasteiger charge is 2.25. The standard InChI is InChI=1S/C21H23N3O3S/c1-2-8-24(12-14-3-4-14)18-6-5-15(11-22-18)21-23-17(10-19(25)26)20(27-21)16-7-9-28-13-16/h5-7,9,11,13-14H,2-4,8,10,12H2,1H3,(H,25,26)/p-1. The topological polar surface area (TPSA) is 82.3 Å². The normalized spacial score (nSPS) is 13.6. The van der Waals surface area contributed by atoms with Gasteiger partial charge < -0.3 is 19.2 Å². The molecule has 3 heterocycles. The lowest BCUT2D eigenvalue weighted by atomic mass is 10.2. The van der Waals surface area contributed by atoms with Crippen LogP contribution in [0.15, 0.2) is 39.6 Å². The first-order valence-electron chi connectivity index (χ1n) is 9.57. The van der Waals surface area contributed by atoms with Crippen molar-refractivity contribution in [1.82, 2.24) is 9.97 Å². The summed E-state index contributed by atoms with van der Waals surface area (Å²) in [6.07, 6.45) is 5.15. The van der Waals surface area contributed by atoms with E-state index in [0.29, 0.717) is 17.3 Å². The van der Waals surface area contributed by atoms with Crippen molar-refractivity contribution in [2.45, 2.75) is 32.6 Å². The lowest BCUT2D eigenvalue weighted by Crippen LogP contribution is -2.27. The number of nitrogens with zero attached hydrogens (tertiary/aromatic N) is 3. The molecule has 4 rings (SSSR count). The second kappa shape index (κ2) is 8.14. The molecular weight excluding hydrogens is 374 g/mol. The summed E-state index contributed by atoms with van der Waals surface area (Å²) in [7, 11) is 0. The van der Waals surface area contributed by atoms with Gasteiger partial charge in [-0.3, -0.25) is 0 Å². The van der Waals surface area contributed by atoms with Crippen LogP contribution in [0.2, 0.25) is 0 Å². The van der Waals surface area contributed by atoms with Crippen molar-refractivity contribution in [1.29, 1.82) is 0 Å². The van der Waals surface area contributed by atoms with E-state index in [0.717, 1.165) is 42.4 Å². The largest absolute Gasteiger partial charge is 0.550 e. The Kier molecular flexibility index (Phi) is 5.43. The summed E-state index contributed by atoms with van der Waals surface area (Å²) in [5, 5.41) is 14.9. The number of oxazole rings is 1. The maximum Gasteiger partial charge on any atom is 0.228 e. The van der Waals surface area contributed by atoms with Crippen LogP contribution in [0.1, 0.15) is 31.9 Å². The van der Waals surface area contributed by atoms with Crippen LogP contribution in [0.5, 0.6) is 0 Å². The summed E-state index contributed by atoms with van der Waals surface area (Å²) >= 11 is 1.52. The minimum Gasteiger partial charge on any atom is -0.550 e. The van der Waals surface area contributed by atoms with E-state index in [4.69, 9.17) is 4.42 Å². The maximum atomic E-state index is 11.1. The van der Waals surface area contributed by atoms with Gasteiger partial charge in [0.05, 0.1) is 11.3 Å². The summed E-state index contributed by atoms with van der Waals surface area (Å²) < 4.78 is 5.92. The van der Waals surface area contributed by atoms with Crippen molar-refractivity contribution in [3.63, 3.8) is 0 Å². The average molecular weight is 396 g/mol. The minimum absolute atomic E-state index is 0.286. The number of carboxylic acids is 1. The van der Waals surface area contributed by atoms with Crippen molar-refractivity contribution < 1.29 is 14.3 Å². The number of aromatic nitrogens is 2. The van der Waals surface area contributed by atoms with Gasteiger partial charge in [-0.25, -0.2) is 9.97 Å². The van der Waals surface area contributed by atoms with E-state index in [2.05, 4.69) is 21.8 Å². The van der Waals surface area contributed by atoms with Crippen molar-refractivity contribution in [2.24, 2.45) is 5.92 Å². The Morgan fingerprint density at radius 2 is 2.18 bits per heavy atom. The predicted molar refractivity (Wildman–Crippen MR) is 107 cm³/mol. The van der Waals surface area contributed by atoms with Crippen molar-refractivity contribution >= 4 is 23.1 Å². The molecule has 0 atom stereocenters. The number of rotatable bonds is 9. The fourth-order valence-corrected chi connectivity index (χ4v) is 3.87. The van der Waals surface area contributed by atoms with Gasteiger partial charge in [0.2, 0.25) is 5.89 Å². The Bertz CT molecular complexity index is 930. The van der Waals surface area contributed by atoms with Crippen LogP contribution < -0.4 is 10.0 Å². The van der Waals surface area contributed by atoms with E-state index in [1.807, 2.05) is 29.0 Å². The number of anilines is 1. The van der Waals surface area contributed by atoms with E-state index in [1.54, 1.807) is 6.20 Å². The van der Waals surface area contributed by atoms with E-state index < -0.39 is 5.97 Å². The van der Waals surface area contributed by atoms with Crippen LogP contribution in [0.3, 0.4) is 0 Å². The number of carbonyl (C=O) groups is 1. The quantitative estimate of drug-likeness (QED) is 0.551. The van der Waals surface area contributed by atoms with E-state index in [-0.39, 0.29) is 6.42 Å². The molecule has 0 N–H and O–H groups in total. The summed E-state index contributed by atoms with van der Waals surface area (Å²) in [4.78, 5) is 22.5. The van der Waals surface area contributed by atoms with Crippen LogP contribution in [0, 0.1) is 5.92 Å². The third-order valence-corrected chi connectivity index (χ3v) is 5.46. The van der Waals surface area contributed by atoms with Crippen molar-refractivity contribution in [3.05, 3.63) is 40.8 Å². The van der Waals surface area contributed by atoms with Gasteiger partial charge in [-0.2, -0.15) is 11.3 Å². The Labute approximate surface area is 167 Å². The number of pyridine rings is 1. The second-order valence-electron chi connectivity index (χ2n) is 7.15. The van der Waals surface area contributed by atoms with Gasteiger partial charge in [-0.05, 0) is 48.8 Å². The second-order valence-corrected chi connectivity index (χ2v) is 7.93. The Morgan fingerprint density at radius 3 is 2.79 bits per heavy atom. The van der Waals surface area contributed by atoms with Crippen LogP contribution in [0.4, 0.5) is 5.82 Å². The predicted octanol–water partition coefficient (Wildman–Crippen LogP) is 3.38. The Hall–Kier alpha value is -2.67. The number of hydrogen-bond acceptors (Lipinski definition) is 7. The molecule has 0 spiro atoms. The van der Waals surface area contributed by atoms with Crippen LogP contribution in [-0.4, -0.2) is 29.0 Å². The molecule has 0 radical (unpaired) electrons. The first-order chi connectivity index (χ1) is 13.6. The third-order valence-electron chi connectivity index (χ3n) is 4.78. The number of hydrogen-bond donors (Lipinski definition) is 0. The van der Waals surface area contributed by atoms with Gasteiger partial charge in [0.15, 0.2) is 5.76 Å². The molecule has 28 heavy (non-hydrogen) atoms. The Morgan fingerprint density at radius 1 is 1.32 bits per heavy atom. The maximum absolute atomic E-state index is 11.1. The molecule has 146 valence electrons. The molecule has 3 aromatic heterocycles. The number of carbonyl (C=O) groups excluding carboxylic acids is 1. The van der Waals surface area contributed by atoms with Crippen molar-refractivity contribution in [3.8, 4) is 22.8 Å². The molecule has 0 aliphatic heterocycles. The highest BCUT2D eigenvalue weighted by atomic mass is 32.1. The molecule has 0 bridgehead atoms. The fraction of sp³-hybridized carbons (Fsp3) is 0.381. The molecule has 3 aromatic rings. The molecule has 7 heteroatoms. The summed E-state index contributed by atoms with van der Waals surface area (Å²) in [6.45, 7) is 4.21. The van der Waals surface area contributed by atoms with Gasteiger partial charge in [-0.15, -0.1) is 0 Å². The number of carboxylic acid groups (broad SMARTS) is 1. The van der Waals surface area contributed by atoms with Gasteiger partial charge in [-0.1, -0.05) is 6.92 Å². The molecule has 1 aliphatic rings. The van der Waals surface area contributed by atoms with E-state index in [1.165, 1.54) is 24.2 Å². The number of aliphatic carboxylic acids is 1. The molecule has 0 aromatic carbocycles. The van der Waals surface area contributed by atoms with Crippen LogP contribution in [0.25, 0.3) is 22.8 Å². The minimum atomic E-state index is -1.18. The monoisotopic (exact) mass is 396 g/mol. The molecule has 1 aliphatic carbocycles. The average Bonchev–Trinajstić information content (AvgIpc) is 3.16. The van der Waals surface area contributed by atoms with E-state index >= 15 is 0 Å². The van der Waals surface area contributed by atoms with Gasteiger partial charge >= 0.3 is 0 Å². The highest BCUT2D eigenvalue weighted by Crippen LogP contribution is 2.33. The lowest BCUT2D eigenvalue weighted by molar-refractivity contribution is -0.304. The third kappa shape index (κ3) is 4.25. The Balaban J connectivity index is 1.60. The molecule has 0 amide bonds. The summed E-state index contributed by atoms with van der Waals surface area (Å²) in [5.74, 6) is 1.42. The van der Waals surface area contributed by atoms with Gasteiger partial charge in [0.1, 0.15) is 5.82 Å². The SMILES string of the molecule is CCCN(CC1CC1)c1ccc(-c2nc(CC(=O)[O-])c(-c3ccsc3)o2)cn1. The summed E-state index contributed by atoms with van der Waals surface area (Å²) in [5.41, 5.74) is 1.93. The van der Waals surface area contributed by atoms with Crippen molar-refractivity contribution in [2.75, 3.05) is 18.0 Å². The summed E-state index contributed by atoms with van der Waals surface area (Å²) in [6, 6.07) is 5.81. The molecular formula is C21H22N3O3S-. The number of thiophene rings is 1. The smallest absolute Gasteiger partial charge is 0.228 e. The fourth-order valence-electron chi connectivity index (χ4n) is 3.23. The first kappa shape index (κ1) is 18.7.